The molecule has 1 aliphatic rings. The second-order valence-corrected chi connectivity index (χ2v) is 5.77. The Morgan fingerprint density at radius 1 is 1.30 bits per heavy atom. The number of nitrogens with zero attached hydrogens (tertiary/aromatic N) is 1. The highest BCUT2D eigenvalue weighted by atomic mass is 19.4. The van der Waals surface area contributed by atoms with Gasteiger partial charge in [0.15, 0.2) is 0 Å². The summed E-state index contributed by atoms with van der Waals surface area (Å²) in [6.07, 6.45) is -6.13. The summed E-state index contributed by atoms with van der Waals surface area (Å²) in [4.78, 5) is 24.3. The van der Waals surface area contributed by atoms with Crippen molar-refractivity contribution in [1.82, 2.24) is 10.2 Å². The molecular weight excluding hydrogens is 277 g/mol. The Morgan fingerprint density at radius 3 is 2.40 bits per heavy atom. The summed E-state index contributed by atoms with van der Waals surface area (Å²) in [6, 6.07) is -0.461. The van der Waals surface area contributed by atoms with Gasteiger partial charge < -0.3 is 15.0 Å². The second-order valence-electron chi connectivity index (χ2n) is 5.77. The van der Waals surface area contributed by atoms with E-state index in [2.05, 4.69) is 5.32 Å². The van der Waals surface area contributed by atoms with Crippen LogP contribution in [0.5, 0.6) is 0 Å². The largest absolute Gasteiger partial charge is 0.444 e. The first-order valence-corrected chi connectivity index (χ1v) is 6.30. The minimum absolute atomic E-state index is 0.165. The molecule has 20 heavy (non-hydrogen) atoms. The van der Waals surface area contributed by atoms with Gasteiger partial charge in [-0.25, -0.2) is 4.79 Å². The molecule has 0 spiro atoms. The molecule has 0 aromatic carbocycles. The summed E-state index contributed by atoms with van der Waals surface area (Å²) in [6.45, 7) is 5.70. The van der Waals surface area contributed by atoms with Gasteiger partial charge in [-0.2, -0.15) is 13.2 Å². The molecule has 0 saturated carbocycles. The van der Waals surface area contributed by atoms with Gasteiger partial charge in [0, 0.05) is 19.1 Å². The van der Waals surface area contributed by atoms with Gasteiger partial charge in [-0.15, -0.1) is 0 Å². The lowest BCUT2D eigenvalue weighted by Crippen LogP contribution is -2.41. The van der Waals surface area contributed by atoms with Crippen molar-refractivity contribution >= 4 is 12.0 Å². The average Bonchev–Trinajstić information content (AvgIpc) is 2.59. The highest BCUT2D eigenvalue weighted by molar-refractivity contribution is 5.77. The third kappa shape index (κ3) is 6.12. The van der Waals surface area contributed by atoms with Gasteiger partial charge in [-0.05, 0) is 27.2 Å². The summed E-state index contributed by atoms with van der Waals surface area (Å²) in [5.41, 5.74) is -0.630. The number of ether oxygens (including phenoxy) is 1. The van der Waals surface area contributed by atoms with Gasteiger partial charge in [0.1, 0.15) is 12.0 Å². The zero-order chi connectivity index (χ0) is 15.6. The van der Waals surface area contributed by atoms with Crippen molar-refractivity contribution in [2.45, 2.75) is 51.4 Å². The fraction of sp³-hybridized carbons (Fsp3) is 0.833. The molecule has 5 nitrogen and oxygen atoms in total. The van der Waals surface area contributed by atoms with Crippen LogP contribution < -0.4 is 5.32 Å². The number of nitrogens with one attached hydrogen (secondary N) is 1. The van der Waals surface area contributed by atoms with Crippen molar-refractivity contribution < 1.29 is 27.5 Å². The van der Waals surface area contributed by atoms with E-state index in [1.807, 2.05) is 0 Å². The van der Waals surface area contributed by atoms with Crippen LogP contribution in [0.1, 0.15) is 33.6 Å². The Kier molecular flexibility index (Phi) is 4.88. The second kappa shape index (κ2) is 5.88. The molecule has 1 N–H and O–H groups in total. The fourth-order valence-corrected chi connectivity index (χ4v) is 1.83. The molecule has 1 fully saturated rings. The van der Waals surface area contributed by atoms with E-state index in [9.17, 15) is 22.8 Å². The topological polar surface area (TPSA) is 58.6 Å². The minimum atomic E-state index is -4.52. The predicted molar refractivity (Wildman–Crippen MR) is 65.0 cm³/mol. The Labute approximate surface area is 115 Å². The fourth-order valence-electron chi connectivity index (χ4n) is 1.83. The number of rotatable bonds is 2. The molecule has 0 aromatic rings. The standard InChI is InChI=1S/C12H19F3N2O3/c1-11(2,3)20-10(19)17-5-4-8(7-17)16-9(18)6-12(13,14)15/h8H,4-7H2,1-3H3,(H,16,18). The average molecular weight is 296 g/mol. The summed E-state index contributed by atoms with van der Waals surface area (Å²) in [7, 11) is 0. The molecule has 1 saturated heterocycles. The molecule has 1 heterocycles. The molecule has 0 aliphatic carbocycles. The zero-order valence-electron chi connectivity index (χ0n) is 11.7. The van der Waals surface area contributed by atoms with Gasteiger partial charge in [-0.3, -0.25) is 4.79 Å². The van der Waals surface area contributed by atoms with E-state index >= 15 is 0 Å². The van der Waals surface area contributed by atoms with Crippen molar-refractivity contribution in [1.29, 1.82) is 0 Å². The number of hydrogen-bond donors (Lipinski definition) is 1. The Balaban J connectivity index is 2.40. The van der Waals surface area contributed by atoms with Gasteiger partial charge in [0.2, 0.25) is 5.91 Å². The molecule has 2 amide bonds. The van der Waals surface area contributed by atoms with Crippen molar-refractivity contribution in [3.05, 3.63) is 0 Å². The summed E-state index contributed by atoms with van der Waals surface area (Å²) >= 11 is 0. The third-order valence-corrected chi connectivity index (χ3v) is 2.57. The van der Waals surface area contributed by atoms with E-state index in [0.29, 0.717) is 13.0 Å². The number of likely N-dealkylation sites (tertiary alicyclic amines) is 1. The Hall–Kier alpha value is -1.47. The summed E-state index contributed by atoms with van der Waals surface area (Å²) in [5.74, 6) is -1.08. The van der Waals surface area contributed by atoms with Crippen molar-refractivity contribution in [2.75, 3.05) is 13.1 Å². The molecule has 1 aliphatic heterocycles. The van der Waals surface area contributed by atoms with Crippen LogP contribution in [0, 0.1) is 0 Å². The molecule has 8 heteroatoms. The maximum absolute atomic E-state index is 12.0. The van der Waals surface area contributed by atoms with Crippen LogP contribution in [0.15, 0.2) is 0 Å². The number of hydrogen-bond acceptors (Lipinski definition) is 3. The van der Waals surface area contributed by atoms with Crippen molar-refractivity contribution in [2.24, 2.45) is 0 Å². The van der Waals surface area contributed by atoms with Gasteiger partial charge in [-0.1, -0.05) is 0 Å². The van der Waals surface area contributed by atoms with E-state index in [1.54, 1.807) is 20.8 Å². The van der Waals surface area contributed by atoms with E-state index < -0.39 is 36.2 Å². The van der Waals surface area contributed by atoms with Gasteiger partial charge >= 0.3 is 12.3 Å². The molecule has 0 aromatic heterocycles. The first-order valence-electron chi connectivity index (χ1n) is 6.30. The van der Waals surface area contributed by atoms with E-state index in [-0.39, 0.29) is 6.54 Å². The predicted octanol–water partition coefficient (Wildman–Crippen LogP) is 2.06. The Bertz CT molecular complexity index is 377. The summed E-state index contributed by atoms with van der Waals surface area (Å²) in [5, 5.41) is 2.27. The van der Waals surface area contributed by atoms with E-state index in [0.717, 1.165) is 0 Å². The molecular formula is C12H19F3N2O3. The highest BCUT2D eigenvalue weighted by Gasteiger charge is 2.34. The van der Waals surface area contributed by atoms with Crippen LogP contribution in [0.3, 0.4) is 0 Å². The zero-order valence-corrected chi connectivity index (χ0v) is 11.7. The van der Waals surface area contributed by atoms with E-state index in [4.69, 9.17) is 4.74 Å². The molecule has 0 bridgehead atoms. The lowest BCUT2D eigenvalue weighted by molar-refractivity contribution is -0.154. The van der Waals surface area contributed by atoms with Crippen LogP contribution >= 0.6 is 0 Å². The maximum atomic E-state index is 12.0. The monoisotopic (exact) mass is 296 g/mol. The smallest absolute Gasteiger partial charge is 0.410 e. The van der Waals surface area contributed by atoms with Crippen LogP contribution in [0.4, 0.5) is 18.0 Å². The van der Waals surface area contributed by atoms with Crippen molar-refractivity contribution in [3.8, 4) is 0 Å². The molecule has 1 atom stereocenters. The van der Waals surface area contributed by atoms with Gasteiger partial charge in [0.05, 0.1) is 0 Å². The molecule has 1 rings (SSSR count). The maximum Gasteiger partial charge on any atom is 0.410 e. The molecule has 0 radical (unpaired) electrons. The van der Waals surface area contributed by atoms with Gasteiger partial charge in [0.25, 0.3) is 0 Å². The molecule has 116 valence electrons. The highest BCUT2D eigenvalue weighted by Crippen LogP contribution is 2.20. The van der Waals surface area contributed by atoms with Crippen LogP contribution in [0.25, 0.3) is 0 Å². The first kappa shape index (κ1) is 16.6. The number of alkyl halides is 3. The van der Waals surface area contributed by atoms with Crippen LogP contribution in [0.2, 0.25) is 0 Å². The quantitative estimate of drug-likeness (QED) is 0.848. The summed E-state index contributed by atoms with van der Waals surface area (Å²) < 4.78 is 41.2. The number of carbonyl (C=O) groups excluding carboxylic acids is 2. The van der Waals surface area contributed by atoms with E-state index in [1.165, 1.54) is 4.90 Å². The third-order valence-electron chi connectivity index (χ3n) is 2.57. The number of carbonyl (C=O) groups is 2. The lowest BCUT2D eigenvalue weighted by Gasteiger charge is -2.24. The van der Waals surface area contributed by atoms with Crippen LogP contribution in [-0.4, -0.2) is 47.8 Å². The van der Waals surface area contributed by atoms with Crippen LogP contribution in [-0.2, 0) is 9.53 Å². The first-order chi connectivity index (χ1) is 8.96. The molecule has 1 unspecified atom stereocenters. The SMILES string of the molecule is CC(C)(C)OC(=O)N1CCC(NC(=O)CC(F)(F)F)C1. The number of amides is 2. The lowest BCUT2D eigenvalue weighted by atomic mass is 10.2. The number of halogens is 3. The minimum Gasteiger partial charge on any atom is -0.444 e. The Morgan fingerprint density at radius 2 is 1.90 bits per heavy atom. The normalized spacial score (nSPS) is 19.9. The van der Waals surface area contributed by atoms with Crippen molar-refractivity contribution in [3.63, 3.8) is 0 Å².